The van der Waals surface area contributed by atoms with Crippen molar-refractivity contribution < 1.29 is 9.53 Å². The number of carbonyl (C=O) groups is 1. The number of benzene rings is 1. The molecule has 0 aliphatic carbocycles. The molecule has 26 heavy (non-hydrogen) atoms. The summed E-state index contributed by atoms with van der Waals surface area (Å²) >= 11 is 18.3. The van der Waals surface area contributed by atoms with Crippen LogP contribution in [0.25, 0.3) is 17.2 Å². The van der Waals surface area contributed by atoms with Gasteiger partial charge in [-0.3, -0.25) is 4.57 Å². The monoisotopic (exact) mass is 409 g/mol. The Morgan fingerprint density at radius 3 is 2.50 bits per heavy atom. The number of nitrogens with zero attached hydrogens (tertiary/aromatic N) is 3. The zero-order valence-corrected chi connectivity index (χ0v) is 16.2. The van der Waals surface area contributed by atoms with Crippen molar-refractivity contribution in [2.45, 2.75) is 13.8 Å². The molecule has 0 radical (unpaired) electrons. The summed E-state index contributed by atoms with van der Waals surface area (Å²) in [7, 11) is 0. The van der Waals surface area contributed by atoms with Gasteiger partial charge in [-0.15, -0.1) is 0 Å². The molecule has 2 aromatic heterocycles. The van der Waals surface area contributed by atoms with Gasteiger partial charge in [0.1, 0.15) is 11.6 Å². The quantitative estimate of drug-likeness (QED) is 0.542. The summed E-state index contributed by atoms with van der Waals surface area (Å²) in [6, 6.07) is 8.51. The molecule has 0 unspecified atom stereocenters. The fourth-order valence-electron chi connectivity index (χ4n) is 2.53. The summed E-state index contributed by atoms with van der Waals surface area (Å²) < 4.78 is 6.84. The van der Waals surface area contributed by atoms with E-state index in [1.165, 1.54) is 6.20 Å². The van der Waals surface area contributed by atoms with E-state index in [0.717, 1.165) is 0 Å². The average Bonchev–Trinajstić information content (AvgIpc) is 2.93. The van der Waals surface area contributed by atoms with Crippen LogP contribution >= 0.6 is 34.8 Å². The maximum absolute atomic E-state index is 12.3. The summed E-state index contributed by atoms with van der Waals surface area (Å²) in [6.07, 6.45) is 1.52. The van der Waals surface area contributed by atoms with Crippen molar-refractivity contribution in [3.05, 3.63) is 63.0 Å². The van der Waals surface area contributed by atoms with Crippen LogP contribution in [-0.2, 0) is 4.74 Å². The molecule has 1 aromatic carbocycles. The van der Waals surface area contributed by atoms with Crippen LogP contribution in [-0.4, -0.2) is 27.1 Å². The zero-order chi connectivity index (χ0) is 18.8. The lowest BCUT2D eigenvalue weighted by atomic mass is 10.2. The Bertz CT molecular complexity index is 969. The van der Waals surface area contributed by atoms with Crippen molar-refractivity contribution in [2.24, 2.45) is 0 Å². The minimum absolute atomic E-state index is 0.199. The molecule has 0 fully saturated rings. The number of hydrogen-bond acceptors (Lipinski definition) is 4. The fraction of sp³-hybridized carbons (Fsp3) is 0.167. The first-order valence-electron chi connectivity index (χ1n) is 7.76. The molecular formula is C18H14Cl3N3O2. The summed E-state index contributed by atoms with van der Waals surface area (Å²) in [6.45, 7) is 3.76. The van der Waals surface area contributed by atoms with Crippen molar-refractivity contribution in [2.75, 3.05) is 6.61 Å². The van der Waals surface area contributed by atoms with Gasteiger partial charge in [0.15, 0.2) is 5.69 Å². The van der Waals surface area contributed by atoms with Crippen molar-refractivity contribution in [3.63, 3.8) is 0 Å². The van der Waals surface area contributed by atoms with E-state index < -0.39 is 5.97 Å². The Hall–Kier alpha value is -2.08. The largest absolute Gasteiger partial charge is 0.461 e. The molecule has 0 amide bonds. The molecule has 0 atom stereocenters. The summed E-state index contributed by atoms with van der Waals surface area (Å²) in [4.78, 5) is 21.1. The maximum atomic E-state index is 12.3. The predicted octanol–water partition coefficient (Wildman–Crippen LogP) is 5.38. The molecule has 0 N–H and O–H groups in total. The third-order valence-corrected chi connectivity index (χ3v) is 4.46. The van der Waals surface area contributed by atoms with Crippen LogP contribution in [0.1, 0.15) is 23.1 Å². The van der Waals surface area contributed by atoms with Crippen LogP contribution in [0, 0.1) is 6.92 Å². The molecule has 0 spiro atoms. The van der Waals surface area contributed by atoms with Gasteiger partial charge in [0.2, 0.25) is 0 Å². The summed E-state index contributed by atoms with van der Waals surface area (Å²) in [5.41, 5.74) is 1.40. The van der Waals surface area contributed by atoms with Gasteiger partial charge in [-0.25, -0.2) is 14.8 Å². The zero-order valence-electron chi connectivity index (χ0n) is 14.0. The van der Waals surface area contributed by atoms with Gasteiger partial charge in [-0.05, 0) is 44.2 Å². The van der Waals surface area contributed by atoms with E-state index in [1.807, 2.05) is 0 Å². The van der Waals surface area contributed by atoms with Gasteiger partial charge in [-0.2, -0.15) is 0 Å². The predicted molar refractivity (Wildman–Crippen MR) is 103 cm³/mol. The molecule has 0 saturated carbocycles. The first-order valence-corrected chi connectivity index (χ1v) is 8.89. The van der Waals surface area contributed by atoms with Crippen LogP contribution in [0.5, 0.6) is 0 Å². The van der Waals surface area contributed by atoms with Crippen LogP contribution in [0.3, 0.4) is 0 Å². The summed E-state index contributed by atoms with van der Waals surface area (Å²) in [5.74, 6) is 0.502. The fourth-order valence-corrected chi connectivity index (χ4v) is 3.13. The molecule has 2 heterocycles. The lowest BCUT2D eigenvalue weighted by Crippen LogP contribution is -2.08. The number of ether oxygens (including phenoxy) is 1. The van der Waals surface area contributed by atoms with Crippen LogP contribution in [0.4, 0.5) is 0 Å². The minimum atomic E-state index is -0.510. The second-order valence-electron chi connectivity index (χ2n) is 5.38. The number of rotatable bonds is 4. The van der Waals surface area contributed by atoms with Crippen molar-refractivity contribution in [1.29, 1.82) is 0 Å². The van der Waals surface area contributed by atoms with E-state index in [0.29, 0.717) is 38.0 Å². The Morgan fingerprint density at radius 2 is 1.88 bits per heavy atom. The number of pyridine rings is 1. The van der Waals surface area contributed by atoms with Crippen molar-refractivity contribution >= 4 is 40.8 Å². The average molecular weight is 411 g/mol. The number of aromatic nitrogens is 3. The van der Waals surface area contributed by atoms with E-state index in [4.69, 9.17) is 39.5 Å². The van der Waals surface area contributed by atoms with Gasteiger partial charge in [-0.1, -0.05) is 34.8 Å². The lowest BCUT2D eigenvalue weighted by Gasteiger charge is -2.10. The number of esters is 1. The molecule has 3 rings (SSSR count). The third kappa shape index (κ3) is 3.56. The first kappa shape index (κ1) is 18.7. The minimum Gasteiger partial charge on any atom is -0.461 e. The van der Waals surface area contributed by atoms with Gasteiger partial charge in [0.05, 0.1) is 22.3 Å². The highest BCUT2D eigenvalue weighted by Gasteiger charge is 2.24. The molecular weight excluding hydrogens is 397 g/mol. The van der Waals surface area contributed by atoms with Gasteiger partial charge in [0.25, 0.3) is 0 Å². The molecule has 0 aliphatic heterocycles. The van der Waals surface area contributed by atoms with E-state index in [-0.39, 0.29) is 12.3 Å². The number of halogens is 3. The highest BCUT2D eigenvalue weighted by Crippen LogP contribution is 2.33. The van der Waals surface area contributed by atoms with E-state index in [9.17, 15) is 4.79 Å². The Labute approximate surface area is 165 Å². The third-order valence-electron chi connectivity index (χ3n) is 3.69. The standard InChI is InChI=1S/C18H14Cl3N3O2/c1-3-26-18(25)16-10(2)24(15-7-5-12(20)9-22-15)17(23-16)13-6-4-11(19)8-14(13)21/h4-9H,3H2,1-2H3. The molecule has 0 bridgehead atoms. The molecule has 5 nitrogen and oxygen atoms in total. The van der Waals surface area contributed by atoms with Gasteiger partial charge in [0, 0.05) is 16.8 Å². The van der Waals surface area contributed by atoms with E-state index in [1.54, 1.807) is 48.7 Å². The second kappa shape index (κ2) is 7.66. The number of carbonyl (C=O) groups excluding carboxylic acids is 1. The first-order chi connectivity index (χ1) is 12.4. The Balaban J connectivity index is 2.26. The SMILES string of the molecule is CCOC(=O)c1nc(-c2ccc(Cl)cc2Cl)n(-c2ccc(Cl)cn2)c1C. The molecule has 8 heteroatoms. The van der Waals surface area contributed by atoms with Crippen LogP contribution < -0.4 is 0 Å². The molecule has 134 valence electrons. The second-order valence-corrected chi connectivity index (χ2v) is 6.66. The van der Waals surface area contributed by atoms with Gasteiger partial charge < -0.3 is 4.74 Å². The van der Waals surface area contributed by atoms with Crippen molar-refractivity contribution in [1.82, 2.24) is 14.5 Å². The van der Waals surface area contributed by atoms with E-state index >= 15 is 0 Å². The molecule has 0 aliphatic rings. The van der Waals surface area contributed by atoms with Crippen LogP contribution in [0.15, 0.2) is 36.5 Å². The smallest absolute Gasteiger partial charge is 0.358 e. The lowest BCUT2D eigenvalue weighted by molar-refractivity contribution is 0.0519. The Morgan fingerprint density at radius 1 is 1.15 bits per heavy atom. The number of imidazole rings is 1. The van der Waals surface area contributed by atoms with Crippen molar-refractivity contribution in [3.8, 4) is 17.2 Å². The topological polar surface area (TPSA) is 57.0 Å². The Kier molecular flexibility index (Phi) is 5.51. The highest BCUT2D eigenvalue weighted by molar-refractivity contribution is 6.36. The maximum Gasteiger partial charge on any atom is 0.358 e. The number of hydrogen-bond donors (Lipinski definition) is 0. The van der Waals surface area contributed by atoms with E-state index in [2.05, 4.69) is 9.97 Å². The highest BCUT2D eigenvalue weighted by atomic mass is 35.5. The van der Waals surface area contributed by atoms with Crippen LogP contribution in [0.2, 0.25) is 15.1 Å². The normalized spacial score (nSPS) is 10.8. The molecule has 3 aromatic rings. The van der Waals surface area contributed by atoms with Gasteiger partial charge >= 0.3 is 5.97 Å². The molecule has 0 saturated heterocycles. The summed E-state index contributed by atoms with van der Waals surface area (Å²) in [5, 5.41) is 1.42.